The maximum absolute atomic E-state index is 11.7. The van der Waals surface area contributed by atoms with Crippen LogP contribution >= 0.6 is 0 Å². The smallest absolute Gasteiger partial charge is 0.315 e. The van der Waals surface area contributed by atoms with Crippen molar-refractivity contribution in [3.63, 3.8) is 0 Å². The van der Waals surface area contributed by atoms with Crippen molar-refractivity contribution in [3.05, 3.63) is 35.4 Å². The van der Waals surface area contributed by atoms with Crippen LogP contribution in [0.25, 0.3) is 0 Å². The molecule has 1 atom stereocenters. The van der Waals surface area contributed by atoms with Crippen LogP contribution in [-0.2, 0) is 6.54 Å². The van der Waals surface area contributed by atoms with Crippen LogP contribution in [0.3, 0.4) is 0 Å². The number of hydrogen-bond acceptors (Lipinski definition) is 2. The van der Waals surface area contributed by atoms with Crippen molar-refractivity contribution in [3.8, 4) is 0 Å². The van der Waals surface area contributed by atoms with E-state index in [4.69, 9.17) is 0 Å². The van der Waals surface area contributed by atoms with Gasteiger partial charge in [-0.25, -0.2) is 4.79 Å². The molecule has 1 aromatic carbocycles. The summed E-state index contributed by atoms with van der Waals surface area (Å²) in [6.07, 6.45) is 2.19. The van der Waals surface area contributed by atoms with E-state index in [2.05, 4.69) is 35.0 Å². The van der Waals surface area contributed by atoms with E-state index in [1.54, 1.807) is 0 Å². The lowest BCUT2D eigenvalue weighted by Gasteiger charge is -2.23. The minimum Gasteiger partial charge on any atom is -0.334 e. The summed E-state index contributed by atoms with van der Waals surface area (Å²) in [7, 11) is 0. The minimum absolute atomic E-state index is 0.0785. The van der Waals surface area contributed by atoms with Gasteiger partial charge in [-0.05, 0) is 31.9 Å². The molecule has 1 unspecified atom stereocenters. The molecule has 1 aliphatic heterocycles. The maximum Gasteiger partial charge on any atom is 0.315 e. The van der Waals surface area contributed by atoms with Crippen molar-refractivity contribution in [2.45, 2.75) is 32.4 Å². The van der Waals surface area contributed by atoms with Crippen LogP contribution in [0, 0.1) is 6.92 Å². The molecule has 0 spiro atoms. The molecule has 1 saturated heterocycles. The number of benzene rings is 1. The molecule has 4 heteroatoms. The van der Waals surface area contributed by atoms with E-state index < -0.39 is 0 Å². The summed E-state index contributed by atoms with van der Waals surface area (Å²) in [5.74, 6) is 0. The Labute approximate surface area is 108 Å². The molecule has 0 aliphatic carbocycles. The van der Waals surface area contributed by atoms with Gasteiger partial charge in [0.2, 0.25) is 0 Å². The summed E-state index contributed by atoms with van der Waals surface area (Å²) in [5, 5.41) is 9.17. The molecule has 0 aromatic heterocycles. The molecule has 0 radical (unpaired) electrons. The number of amides is 2. The molecule has 1 fully saturated rings. The van der Waals surface area contributed by atoms with E-state index in [0.717, 1.165) is 31.5 Å². The third-order valence-corrected chi connectivity index (χ3v) is 3.17. The third-order valence-electron chi connectivity index (χ3n) is 3.17. The van der Waals surface area contributed by atoms with E-state index in [1.165, 1.54) is 5.56 Å². The summed E-state index contributed by atoms with van der Waals surface area (Å²) in [5.41, 5.74) is 2.35. The Balaban J connectivity index is 1.74. The first kappa shape index (κ1) is 12.9. The van der Waals surface area contributed by atoms with Gasteiger partial charge >= 0.3 is 6.03 Å². The van der Waals surface area contributed by atoms with Gasteiger partial charge in [0.05, 0.1) is 0 Å². The number of carbonyl (C=O) groups is 1. The molecule has 1 aromatic rings. The standard InChI is InChI=1S/C14H21N3O/c1-11-4-2-5-12(8-11)9-16-14(18)17-13-6-3-7-15-10-13/h2,4-5,8,13,15H,3,6-7,9-10H2,1H3,(H2,16,17,18). The Morgan fingerprint density at radius 2 is 2.39 bits per heavy atom. The zero-order valence-electron chi connectivity index (χ0n) is 10.8. The second-order valence-corrected chi connectivity index (χ2v) is 4.86. The van der Waals surface area contributed by atoms with E-state index in [0.29, 0.717) is 6.54 Å². The number of rotatable bonds is 3. The Hall–Kier alpha value is -1.55. The molecule has 18 heavy (non-hydrogen) atoms. The molecule has 4 nitrogen and oxygen atoms in total. The fourth-order valence-corrected chi connectivity index (χ4v) is 2.22. The predicted octanol–water partition coefficient (Wildman–Crippen LogP) is 1.55. The largest absolute Gasteiger partial charge is 0.334 e. The lowest BCUT2D eigenvalue weighted by Crippen LogP contribution is -2.48. The van der Waals surface area contributed by atoms with Gasteiger partial charge in [0.25, 0.3) is 0 Å². The van der Waals surface area contributed by atoms with Crippen molar-refractivity contribution in [1.29, 1.82) is 0 Å². The van der Waals surface area contributed by atoms with Crippen LogP contribution < -0.4 is 16.0 Å². The minimum atomic E-state index is -0.0785. The summed E-state index contributed by atoms with van der Waals surface area (Å²) in [4.78, 5) is 11.7. The van der Waals surface area contributed by atoms with Crippen molar-refractivity contribution >= 4 is 6.03 Å². The molecule has 98 valence electrons. The lowest BCUT2D eigenvalue weighted by molar-refractivity contribution is 0.233. The van der Waals surface area contributed by atoms with Gasteiger partial charge in [0, 0.05) is 19.1 Å². The first-order valence-electron chi connectivity index (χ1n) is 6.54. The van der Waals surface area contributed by atoms with Gasteiger partial charge in [-0.3, -0.25) is 0 Å². The Morgan fingerprint density at radius 3 is 3.11 bits per heavy atom. The summed E-state index contributed by atoms with van der Waals surface area (Å²) >= 11 is 0. The average Bonchev–Trinajstić information content (AvgIpc) is 2.38. The fraction of sp³-hybridized carbons (Fsp3) is 0.500. The molecular formula is C14H21N3O. The van der Waals surface area contributed by atoms with Gasteiger partial charge in [-0.15, -0.1) is 0 Å². The van der Waals surface area contributed by atoms with Gasteiger partial charge in [-0.1, -0.05) is 29.8 Å². The average molecular weight is 247 g/mol. The van der Waals surface area contributed by atoms with Crippen LogP contribution in [0.2, 0.25) is 0 Å². The first-order chi connectivity index (χ1) is 8.74. The molecule has 0 bridgehead atoms. The van der Waals surface area contributed by atoms with Gasteiger partial charge in [0.15, 0.2) is 0 Å². The summed E-state index contributed by atoms with van der Waals surface area (Å²) in [6.45, 7) is 4.56. The van der Waals surface area contributed by atoms with Gasteiger partial charge in [0.1, 0.15) is 0 Å². The zero-order chi connectivity index (χ0) is 12.8. The molecule has 0 saturated carbocycles. The highest BCUT2D eigenvalue weighted by Crippen LogP contribution is 2.04. The molecular weight excluding hydrogens is 226 g/mol. The Kier molecular flexibility index (Phi) is 4.59. The number of hydrogen-bond donors (Lipinski definition) is 3. The molecule has 2 rings (SSSR count). The Bertz CT molecular complexity index is 400. The summed E-state index contributed by atoms with van der Waals surface area (Å²) < 4.78 is 0. The van der Waals surface area contributed by atoms with E-state index in [-0.39, 0.29) is 12.1 Å². The van der Waals surface area contributed by atoms with Crippen LogP contribution in [0.5, 0.6) is 0 Å². The van der Waals surface area contributed by atoms with E-state index in [1.807, 2.05) is 12.1 Å². The SMILES string of the molecule is Cc1cccc(CNC(=O)NC2CCCNC2)c1. The number of aryl methyl sites for hydroxylation is 1. The topological polar surface area (TPSA) is 53.2 Å². The van der Waals surface area contributed by atoms with Crippen LogP contribution in [0.15, 0.2) is 24.3 Å². The monoisotopic (exact) mass is 247 g/mol. The molecule has 1 heterocycles. The summed E-state index contributed by atoms with van der Waals surface area (Å²) in [6, 6.07) is 8.35. The number of piperidine rings is 1. The maximum atomic E-state index is 11.7. The highest BCUT2D eigenvalue weighted by Gasteiger charge is 2.14. The highest BCUT2D eigenvalue weighted by atomic mass is 16.2. The second-order valence-electron chi connectivity index (χ2n) is 4.86. The van der Waals surface area contributed by atoms with Crippen LogP contribution in [0.4, 0.5) is 4.79 Å². The third kappa shape index (κ3) is 4.04. The number of nitrogens with one attached hydrogen (secondary N) is 3. The van der Waals surface area contributed by atoms with Crippen molar-refractivity contribution < 1.29 is 4.79 Å². The van der Waals surface area contributed by atoms with E-state index in [9.17, 15) is 4.79 Å². The second kappa shape index (κ2) is 6.40. The number of urea groups is 1. The lowest BCUT2D eigenvalue weighted by atomic mass is 10.1. The first-order valence-corrected chi connectivity index (χ1v) is 6.54. The van der Waals surface area contributed by atoms with E-state index >= 15 is 0 Å². The van der Waals surface area contributed by atoms with Crippen molar-refractivity contribution in [2.75, 3.05) is 13.1 Å². The van der Waals surface area contributed by atoms with Gasteiger partial charge in [-0.2, -0.15) is 0 Å². The quantitative estimate of drug-likeness (QED) is 0.759. The van der Waals surface area contributed by atoms with Crippen molar-refractivity contribution in [1.82, 2.24) is 16.0 Å². The fourth-order valence-electron chi connectivity index (χ4n) is 2.22. The van der Waals surface area contributed by atoms with Crippen molar-refractivity contribution in [2.24, 2.45) is 0 Å². The normalized spacial score (nSPS) is 19.3. The zero-order valence-corrected chi connectivity index (χ0v) is 10.8. The highest BCUT2D eigenvalue weighted by molar-refractivity contribution is 5.74. The molecule has 2 amide bonds. The number of carbonyl (C=O) groups excluding carboxylic acids is 1. The molecule has 1 aliphatic rings. The van der Waals surface area contributed by atoms with Crippen LogP contribution in [0.1, 0.15) is 24.0 Å². The van der Waals surface area contributed by atoms with Crippen LogP contribution in [-0.4, -0.2) is 25.2 Å². The predicted molar refractivity (Wildman–Crippen MR) is 72.4 cm³/mol. The Morgan fingerprint density at radius 1 is 1.50 bits per heavy atom. The molecule has 3 N–H and O–H groups in total. The van der Waals surface area contributed by atoms with Gasteiger partial charge < -0.3 is 16.0 Å².